The number of hydrogen-bond donors (Lipinski definition) is 3. The van der Waals surface area contributed by atoms with Gasteiger partial charge in [0.15, 0.2) is 12.2 Å². The van der Waals surface area contributed by atoms with Gasteiger partial charge in [-0.05, 0) is 103 Å². The Bertz CT molecular complexity index is 2010. The van der Waals surface area contributed by atoms with Crippen molar-refractivity contribution in [1.29, 1.82) is 0 Å². The van der Waals surface area contributed by atoms with E-state index in [-0.39, 0.29) is 25.7 Å². The SMILES string of the molecule is CCCCCC/C=C\C=C/CCCCCCCC(=O)O[C@H](COC(=O)CCCCCCCCCCCCCCC)COP(=O)(O)OC[C@H](O)COP(=O)(O)OC[C@@H](COC(=O)CCCCCCC/C=C\CCCCCC)OC(=O)CCCCCCC/C=C\CCCCCCCC. The molecular formula is C77H142O17P2. The Labute approximate surface area is 585 Å². The minimum absolute atomic E-state index is 0.0832. The van der Waals surface area contributed by atoms with E-state index in [1.165, 1.54) is 148 Å². The quantitative estimate of drug-likeness (QED) is 0.0128. The molecule has 0 aromatic heterocycles. The molecule has 0 saturated carbocycles. The second kappa shape index (κ2) is 70.5. The maximum absolute atomic E-state index is 13.1. The van der Waals surface area contributed by atoms with Crippen LogP contribution in [0.4, 0.5) is 0 Å². The van der Waals surface area contributed by atoms with Gasteiger partial charge in [0.05, 0.1) is 26.4 Å². The molecule has 0 radical (unpaired) electrons. The van der Waals surface area contributed by atoms with Gasteiger partial charge >= 0.3 is 39.5 Å². The molecule has 19 heteroatoms. The number of phosphoric ester groups is 2. The summed E-state index contributed by atoms with van der Waals surface area (Å²) in [5.74, 6) is -2.18. The van der Waals surface area contributed by atoms with Crippen LogP contribution in [0, 0.1) is 0 Å². The number of carbonyl (C=O) groups is 4. The normalized spacial score (nSPS) is 14.2. The summed E-state index contributed by atoms with van der Waals surface area (Å²) in [7, 11) is -9.94. The molecule has 0 spiro atoms. The summed E-state index contributed by atoms with van der Waals surface area (Å²) in [6.45, 7) is 4.86. The van der Waals surface area contributed by atoms with E-state index in [9.17, 15) is 43.2 Å². The van der Waals surface area contributed by atoms with Gasteiger partial charge in [0.1, 0.15) is 19.3 Å². The fourth-order valence-electron chi connectivity index (χ4n) is 10.8. The third-order valence-corrected chi connectivity index (χ3v) is 18.7. The van der Waals surface area contributed by atoms with Gasteiger partial charge in [0.25, 0.3) is 0 Å². The summed E-state index contributed by atoms with van der Waals surface area (Å²) in [5.41, 5.74) is 0. The predicted molar refractivity (Wildman–Crippen MR) is 390 cm³/mol. The van der Waals surface area contributed by atoms with E-state index in [1.807, 2.05) is 0 Å². The first-order valence-corrected chi connectivity index (χ1v) is 41.9. The standard InChI is InChI=1S/C77H142O17P2/c1-5-9-13-17-21-25-29-33-35-39-43-47-51-55-59-63-76(81)93-72(67-87-74(79)61-57-53-49-45-41-37-31-27-23-19-15-11-7-3)69-91-95(83,84)89-65-71(78)66-90-96(85,86)92-70-73(68-88-75(80)62-58-54-50-46-42-38-32-28-24-20-16-12-8-4)94-77(82)64-60-56-52-48-44-40-36-34-30-26-22-18-14-10-6-2/h25,28-29,32-36,71-73,78H,5-24,26-27,30-31,37-70H2,1-4H3,(H,83,84)(H,85,86)/b29-25-,32-28-,35-33-,36-34-/t71-,72+,73+/m0/s1. The highest BCUT2D eigenvalue weighted by atomic mass is 31.2. The van der Waals surface area contributed by atoms with Crippen LogP contribution in [0.5, 0.6) is 0 Å². The van der Waals surface area contributed by atoms with Gasteiger partial charge in [-0.3, -0.25) is 37.3 Å². The van der Waals surface area contributed by atoms with Crippen LogP contribution < -0.4 is 0 Å². The summed E-state index contributed by atoms with van der Waals surface area (Å²) in [5, 5.41) is 10.6. The summed E-state index contributed by atoms with van der Waals surface area (Å²) < 4.78 is 68.5. The molecule has 562 valence electrons. The van der Waals surface area contributed by atoms with Crippen LogP contribution in [0.1, 0.15) is 362 Å². The molecule has 3 N–H and O–H groups in total. The van der Waals surface area contributed by atoms with Gasteiger partial charge in [-0.15, -0.1) is 0 Å². The maximum Gasteiger partial charge on any atom is 0.472 e. The number of unbranched alkanes of at least 4 members (excludes halogenated alkanes) is 41. The molecule has 0 fully saturated rings. The Morgan fingerprint density at radius 3 is 0.792 bits per heavy atom. The topological polar surface area (TPSA) is 237 Å². The zero-order valence-electron chi connectivity index (χ0n) is 61.3. The lowest BCUT2D eigenvalue weighted by atomic mass is 10.0. The van der Waals surface area contributed by atoms with E-state index in [0.29, 0.717) is 25.7 Å². The molecule has 17 nitrogen and oxygen atoms in total. The molecule has 0 bridgehead atoms. The molecule has 0 rings (SSSR count). The Balaban J connectivity index is 5.33. The van der Waals surface area contributed by atoms with Gasteiger partial charge in [-0.2, -0.15) is 0 Å². The molecule has 0 aromatic carbocycles. The lowest BCUT2D eigenvalue weighted by Gasteiger charge is -2.21. The van der Waals surface area contributed by atoms with Crippen molar-refractivity contribution in [2.24, 2.45) is 0 Å². The van der Waals surface area contributed by atoms with Crippen LogP contribution in [0.2, 0.25) is 0 Å². The number of rotatable bonds is 74. The van der Waals surface area contributed by atoms with Crippen LogP contribution >= 0.6 is 15.6 Å². The fraction of sp³-hybridized carbons (Fsp3) is 0.844. The van der Waals surface area contributed by atoms with E-state index in [1.54, 1.807) is 0 Å². The highest BCUT2D eigenvalue weighted by Gasteiger charge is 2.30. The molecule has 0 aromatic rings. The summed E-state index contributed by atoms with van der Waals surface area (Å²) >= 11 is 0. The van der Waals surface area contributed by atoms with E-state index < -0.39 is 97.5 Å². The monoisotopic (exact) mass is 1400 g/mol. The fourth-order valence-corrected chi connectivity index (χ4v) is 12.4. The first-order chi connectivity index (χ1) is 46.7. The molecule has 96 heavy (non-hydrogen) atoms. The number of hydrogen-bond acceptors (Lipinski definition) is 15. The van der Waals surface area contributed by atoms with E-state index in [4.69, 9.17) is 37.0 Å². The Hall–Kier alpha value is -2.98. The van der Waals surface area contributed by atoms with Crippen LogP contribution in [0.3, 0.4) is 0 Å². The molecular weight excluding hydrogens is 1260 g/mol. The molecule has 0 saturated heterocycles. The van der Waals surface area contributed by atoms with Crippen LogP contribution in [0.25, 0.3) is 0 Å². The lowest BCUT2D eigenvalue weighted by Crippen LogP contribution is -2.30. The number of phosphoric acid groups is 2. The first kappa shape index (κ1) is 93.0. The molecule has 0 aliphatic carbocycles. The van der Waals surface area contributed by atoms with Gasteiger partial charge < -0.3 is 33.8 Å². The van der Waals surface area contributed by atoms with E-state index >= 15 is 0 Å². The molecule has 0 aliphatic heterocycles. The van der Waals surface area contributed by atoms with Crippen molar-refractivity contribution in [3.8, 4) is 0 Å². The molecule has 0 aliphatic rings. The van der Waals surface area contributed by atoms with Crippen molar-refractivity contribution in [1.82, 2.24) is 0 Å². The second-order valence-corrected chi connectivity index (χ2v) is 29.2. The second-order valence-electron chi connectivity index (χ2n) is 26.3. The number of esters is 4. The van der Waals surface area contributed by atoms with Crippen molar-refractivity contribution >= 4 is 39.5 Å². The van der Waals surface area contributed by atoms with Gasteiger partial charge in [-0.25, -0.2) is 9.13 Å². The van der Waals surface area contributed by atoms with E-state index in [0.717, 1.165) is 135 Å². The first-order valence-electron chi connectivity index (χ1n) is 38.9. The summed E-state index contributed by atoms with van der Waals surface area (Å²) in [6.07, 6.45) is 66.6. The van der Waals surface area contributed by atoms with Crippen molar-refractivity contribution in [2.75, 3.05) is 39.6 Å². The largest absolute Gasteiger partial charge is 0.472 e. The van der Waals surface area contributed by atoms with Crippen molar-refractivity contribution in [2.45, 2.75) is 380 Å². The van der Waals surface area contributed by atoms with Crippen LogP contribution in [-0.2, 0) is 65.4 Å². The smallest absolute Gasteiger partial charge is 0.462 e. The van der Waals surface area contributed by atoms with Gasteiger partial charge in [-0.1, -0.05) is 282 Å². The predicted octanol–water partition coefficient (Wildman–Crippen LogP) is 22.1. The van der Waals surface area contributed by atoms with Crippen LogP contribution in [0.15, 0.2) is 48.6 Å². The average Bonchev–Trinajstić information content (AvgIpc) is 1.19. The highest BCUT2D eigenvalue weighted by Crippen LogP contribution is 2.45. The molecule has 2 unspecified atom stereocenters. The third-order valence-electron chi connectivity index (χ3n) is 16.8. The molecule has 5 atom stereocenters. The number of aliphatic hydroxyl groups is 1. The Morgan fingerprint density at radius 2 is 0.510 bits per heavy atom. The maximum atomic E-state index is 13.1. The minimum Gasteiger partial charge on any atom is -0.462 e. The summed E-state index contributed by atoms with van der Waals surface area (Å²) in [4.78, 5) is 72.8. The molecule has 0 amide bonds. The average molecular weight is 1400 g/mol. The zero-order chi connectivity index (χ0) is 70.4. The van der Waals surface area contributed by atoms with Crippen molar-refractivity contribution in [3.05, 3.63) is 48.6 Å². The lowest BCUT2D eigenvalue weighted by molar-refractivity contribution is -0.161. The zero-order valence-corrected chi connectivity index (χ0v) is 63.1. The Kier molecular flexibility index (Phi) is 68.3. The number of ether oxygens (including phenoxy) is 4. The minimum atomic E-state index is -4.97. The van der Waals surface area contributed by atoms with Crippen LogP contribution in [-0.4, -0.2) is 96.7 Å². The van der Waals surface area contributed by atoms with E-state index in [2.05, 4.69) is 76.3 Å². The third kappa shape index (κ3) is 69.5. The number of aliphatic hydroxyl groups excluding tert-OH is 1. The number of allylic oxidation sites excluding steroid dienone is 8. The number of carbonyl (C=O) groups excluding carboxylic acids is 4. The Morgan fingerprint density at radius 1 is 0.292 bits per heavy atom. The van der Waals surface area contributed by atoms with Gasteiger partial charge in [0, 0.05) is 25.7 Å². The molecule has 0 heterocycles. The highest BCUT2D eigenvalue weighted by molar-refractivity contribution is 7.47. The van der Waals surface area contributed by atoms with Gasteiger partial charge in [0.2, 0.25) is 0 Å². The van der Waals surface area contributed by atoms with Crippen molar-refractivity contribution < 1.29 is 80.2 Å². The summed E-state index contributed by atoms with van der Waals surface area (Å²) in [6, 6.07) is 0. The van der Waals surface area contributed by atoms with Crippen molar-refractivity contribution in [3.63, 3.8) is 0 Å².